The highest BCUT2D eigenvalue weighted by Gasteiger charge is 2.35. The Morgan fingerprint density at radius 2 is 1.87 bits per heavy atom. The average Bonchev–Trinajstić information content (AvgIpc) is 3.16. The molecule has 7 heteroatoms. The number of aromatic nitrogens is 1. The number of benzene rings is 2. The smallest absolute Gasteiger partial charge is 0.337 e. The molecule has 1 heterocycles. The fourth-order valence-corrected chi connectivity index (χ4v) is 3.66. The van der Waals surface area contributed by atoms with Crippen LogP contribution in [0.2, 0.25) is 0 Å². The van der Waals surface area contributed by atoms with Crippen molar-refractivity contribution in [1.29, 1.82) is 0 Å². The van der Waals surface area contributed by atoms with Crippen LogP contribution < -0.4 is 0 Å². The second-order valence-electron chi connectivity index (χ2n) is 6.83. The molecule has 154 valence electrons. The fraction of sp³-hybridized carbons (Fsp3) is 0.217. The van der Waals surface area contributed by atoms with Crippen LogP contribution in [0.4, 0.5) is 0 Å². The van der Waals surface area contributed by atoms with E-state index in [1.54, 1.807) is 37.3 Å². The van der Waals surface area contributed by atoms with Crippen LogP contribution in [0.5, 0.6) is 0 Å². The number of rotatable bonds is 9. The van der Waals surface area contributed by atoms with Crippen LogP contribution in [-0.2, 0) is 20.7 Å². The van der Waals surface area contributed by atoms with Gasteiger partial charge in [-0.25, -0.2) is 4.79 Å². The molecule has 0 unspecified atom stereocenters. The van der Waals surface area contributed by atoms with Crippen molar-refractivity contribution in [3.8, 4) is 0 Å². The van der Waals surface area contributed by atoms with E-state index in [0.717, 1.165) is 28.8 Å². The number of esters is 1. The number of H-pyrrole nitrogens is 1. The van der Waals surface area contributed by atoms with Gasteiger partial charge in [-0.3, -0.25) is 10.1 Å². The summed E-state index contributed by atoms with van der Waals surface area (Å²) in [6, 6.07) is 16.4. The van der Waals surface area contributed by atoms with Gasteiger partial charge in [0.05, 0.1) is 23.5 Å². The molecule has 1 aromatic heterocycles. The van der Waals surface area contributed by atoms with Crippen molar-refractivity contribution in [3.05, 3.63) is 93.8 Å². The van der Waals surface area contributed by atoms with Crippen molar-refractivity contribution in [2.45, 2.75) is 19.3 Å². The van der Waals surface area contributed by atoms with E-state index in [1.165, 1.54) is 0 Å². The molecule has 0 aliphatic heterocycles. The predicted octanol–water partition coefficient (Wildman–Crippen LogP) is 4.03. The van der Waals surface area contributed by atoms with Crippen molar-refractivity contribution in [2.75, 3.05) is 6.61 Å². The first-order valence-electron chi connectivity index (χ1n) is 9.63. The average molecular weight is 406 g/mol. The minimum absolute atomic E-state index is 0.1000. The molecule has 0 spiro atoms. The zero-order chi connectivity index (χ0) is 21.5. The summed E-state index contributed by atoms with van der Waals surface area (Å²) in [4.78, 5) is 38.6. The van der Waals surface area contributed by atoms with Gasteiger partial charge in [-0.05, 0) is 30.5 Å². The van der Waals surface area contributed by atoms with Crippen molar-refractivity contribution in [2.24, 2.45) is 5.92 Å². The maximum absolute atomic E-state index is 12.1. The summed E-state index contributed by atoms with van der Waals surface area (Å²) in [6.45, 7) is 1.72. The molecule has 2 atom stereocenters. The number of nitro groups is 1. The minimum Gasteiger partial charge on any atom is -0.463 e. The monoisotopic (exact) mass is 406 g/mol. The molecule has 2 aromatic carbocycles. The molecule has 0 saturated carbocycles. The van der Waals surface area contributed by atoms with E-state index in [-0.39, 0.29) is 18.7 Å². The summed E-state index contributed by atoms with van der Waals surface area (Å²) in [5.74, 6) is -2.46. The number of nitrogens with one attached hydrogen (secondary N) is 1. The van der Waals surface area contributed by atoms with Crippen molar-refractivity contribution < 1.29 is 19.2 Å². The first kappa shape index (κ1) is 21.0. The van der Waals surface area contributed by atoms with E-state index in [0.29, 0.717) is 5.56 Å². The van der Waals surface area contributed by atoms with Crippen LogP contribution >= 0.6 is 0 Å². The van der Waals surface area contributed by atoms with Crippen LogP contribution in [0.3, 0.4) is 0 Å². The van der Waals surface area contributed by atoms with Gasteiger partial charge < -0.3 is 14.5 Å². The Morgan fingerprint density at radius 3 is 2.53 bits per heavy atom. The number of hydrogen-bond acceptors (Lipinski definition) is 5. The third kappa shape index (κ3) is 4.63. The first-order chi connectivity index (χ1) is 14.5. The van der Waals surface area contributed by atoms with E-state index in [2.05, 4.69) is 4.98 Å². The topological polar surface area (TPSA) is 102 Å². The van der Waals surface area contributed by atoms with Crippen LogP contribution in [0.15, 0.2) is 72.6 Å². The zero-order valence-corrected chi connectivity index (χ0v) is 16.5. The molecule has 0 fully saturated rings. The second-order valence-corrected chi connectivity index (χ2v) is 6.83. The minimum atomic E-state index is -0.906. The van der Waals surface area contributed by atoms with Crippen LogP contribution in [0, 0.1) is 16.0 Å². The first-order valence-corrected chi connectivity index (χ1v) is 9.63. The molecule has 30 heavy (non-hydrogen) atoms. The number of aldehydes is 1. The Kier molecular flexibility index (Phi) is 6.75. The lowest BCUT2D eigenvalue weighted by atomic mass is 9.80. The number of nitrogens with zero attached hydrogens (tertiary/aromatic N) is 1. The van der Waals surface area contributed by atoms with E-state index in [9.17, 15) is 19.7 Å². The summed E-state index contributed by atoms with van der Waals surface area (Å²) in [6.07, 6.45) is 3.69. The largest absolute Gasteiger partial charge is 0.463 e. The molecule has 0 bridgehead atoms. The van der Waals surface area contributed by atoms with E-state index < -0.39 is 22.7 Å². The van der Waals surface area contributed by atoms with Crippen molar-refractivity contribution in [3.63, 3.8) is 0 Å². The van der Waals surface area contributed by atoms with Gasteiger partial charge in [0.2, 0.25) is 0 Å². The summed E-state index contributed by atoms with van der Waals surface area (Å²) < 4.78 is 4.87. The number of para-hydroxylation sites is 1. The highest BCUT2D eigenvalue weighted by molar-refractivity contribution is 5.84. The van der Waals surface area contributed by atoms with Gasteiger partial charge in [-0.1, -0.05) is 48.5 Å². The van der Waals surface area contributed by atoms with Gasteiger partial charge >= 0.3 is 5.97 Å². The molecule has 3 rings (SSSR count). The predicted molar refractivity (Wildman–Crippen MR) is 112 cm³/mol. The summed E-state index contributed by atoms with van der Waals surface area (Å²) in [5, 5.41) is 12.8. The SMILES string of the molecule is CCOC(=O)/C=C(\[C@H](c1ccccc1)[C@H](C=O)Cc1c[nH]c2ccccc12)[N+](=O)[O-]. The Morgan fingerprint density at radius 1 is 1.17 bits per heavy atom. The van der Waals surface area contributed by atoms with Gasteiger partial charge in [0, 0.05) is 23.0 Å². The van der Waals surface area contributed by atoms with Gasteiger partial charge in [-0.15, -0.1) is 0 Å². The quantitative estimate of drug-likeness (QED) is 0.190. The van der Waals surface area contributed by atoms with Gasteiger partial charge in [0.25, 0.3) is 5.70 Å². The molecule has 0 aliphatic rings. The summed E-state index contributed by atoms with van der Waals surface area (Å²) >= 11 is 0. The van der Waals surface area contributed by atoms with E-state index in [1.807, 2.05) is 30.5 Å². The molecule has 0 saturated heterocycles. The maximum atomic E-state index is 12.1. The zero-order valence-electron chi connectivity index (χ0n) is 16.5. The van der Waals surface area contributed by atoms with Crippen LogP contribution in [0.25, 0.3) is 10.9 Å². The molecule has 7 nitrogen and oxygen atoms in total. The Bertz CT molecular complexity index is 1070. The number of fused-ring (bicyclic) bond motifs is 1. The molecule has 0 radical (unpaired) electrons. The highest BCUT2D eigenvalue weighted by Crippen LogP contribution is 2.35. The molecule has 0 aliphatic carbocycles. The standard InChI is InChI=1S/C23H22N2O5/c1-2-30-22(27)13-21(25(28)29)23(16-8-4-3-5-9-16)18(15-26)12-17-14-24-20-11-7-6-10-19(17)20/h3-11,13-15,18,23-24H,2,12H2,1H3/b21-13+/t18-,23+/m0/s1. The Labute approximate surface area is 173 Å². The van der Waals surface area contributed by atoms with E-state index >= 15 is 0 Å². The van der Waals surface area contributed by atoms with Crippen molar-refractivity contribution in [1.82, 2.24) is 4.98 Å². The van der Waals surface area contributed by atoms with Gasteiger partial charge in [-0.2, -0.15) is 0 Å². The number of hydrogen-bond donors (Lipinski definition) is 1. The Balaban J connectivity index is 2.06. The van der Waals surface area contributed by atoms with E-state index in [4.69, 9.17) is 4.74 Å². The van der Waals surface area contributed by atoms with Crippen LogP contribution in [-0.4, -0.2) is 28.8 Å². The fourth-order valence-electron chi connectivity index (χ4n) is 3.66. The molecular weight excluding hydrogens is 384 g/mol. The third-order valence-corrected chi connectivity index (χ3v) is 4.97. The Hall–Kier alpha value is -3.74. The van der Waals surface area contributed by atoms with Gasteiger partial charge in [0.1, 0.15) is 6.29 Å². The summed E-state index contributed by atoms with van der Waals surface area (Å²) in [7, 11) is 0. The highest BCUT2D eigenvalue weighted by atomic mass is 16.6. The van der Waals surface area contributed by atoms with Crippen LogP contribution in [0.1, 0.15) is 24.0 Å². The number of allylic oxidation sites excluding steroid dienone is 1. The molecular formula is C23H22N2O5. The summed E-state index contributed by atoms with van der Waals surface area (Å²) in [5.41, 5.74) is 2.02. The molecule has 3 aromatic rings. The normalized spacial score (nSPS) is 13.6. The maximum Gasteiger partial charge on any atom is 0.337 e. The second kappa shape index (κ2) is 9.65. The number of carbonyl (C=O) groups excluding carboxylic acids is 2. The lowest BCUT2D eigenvalue weighted by molar-refractivity contribution is -0.431. The molecule has 1 N–H and O–H groups in total. The lowest BCUT2D eigenvalue weighted by Crippen LogP contribution is -2.24. The number of aromatic amines is 1. The van der Waals surface area contributed by atoms with Crippen molar-refractivity contribution >= 4 is 23.2 Å². The number of ether oxygens (including phenoxy) is 1. The number of carbonyl (C=O) groups is 2. The lowest BCUT2D eigenvalue weighted by Gasteiger charge is -2.21. The van der Waals surface area contributed by atoms with Gasteiger partial charge in [0.15, 0.2) is 0 Å². The third-order valence-electron chi connectivity index (χ3n) is 4.97. The molecule has 0 amide bonds.